The number of amides is 1. The van der Waals surface area contributed by atoms with Gasteiger partial charge in [0.25, 0.3) is 5.91 Å². The van der Waals surface area contributed by atoms with Gasteiger partial charge in [-0.3, -0.25) is 9.69 Å². The van der Waals surface area contributed by atoms with Crippen molar-refractivity contribution in [2.45, 2.75) is 33.7 Å². The third-order valence-corrected chi connectivity index (χ3v) is 8.13. The van der Waals surface area contributed by atoms with Crippen molar-refractivity contribution in [3.8, 4) is 10.6 Å². The van der Waals surface area contributed by atoms with Crippen molar-refractivity contribution < 1.29 is 4.79 Å². The Kier molecular flexibility index (Phi) is 5.38. The molecule has 4 nitrogen and oxygen atoms in total. The Morgan fingerprint density at radius 2 is 2.00 bits per heavy atom. The molecule has 1 aliphatic heterocycles. The summed E-state index contributed by atoms with van der Waals surface area (Å²) in [6, 6.07) is 14.2. The van der Waals surface area contributed by atoms with Crippen molar-refractivity contribution in [3.05, 3.63) is 69.6 Å². The van der Waals surface area contributed by atoms with E-state index in [1.807, 2.05) is 32.0 Å². The minimum Gasteiger partial charge on any atom is -0.313 e. The first kappa shape index (κ1) is 20.4. The minimum absolute atomic E-state index is 0.0502. The number of nitrogens with one attached hydrogen (secondary N) is 1. The normalized spacial score (nSPS) is 14.0. The summed E-state index contributed by atoms with van der Waals surface area (Å²) in [4.78, 5) is 21.9. The number of carbonyl (C=O) groups excluding carboxylic acids is 1. The van der Waals surface area contributed by atoms with Gasteiger partial charge in [-0.2, -0.15) is 0 Å². The van der Waals surface area contributed by atoms with Crippen molar-refractivity contribution in [1.29, 1.82) is 0 Å². The number of carbonyl (C=O) groups is 1. The zero-order valence-electron chi connectivity index (χ0n) is 18.0. The van der Waals surface area contributed by atoms with Crippen LogP contribution in [-0.2, 0) is 13.0 Å². The molecule has 0 atom stereocenters. The Morgan fingerprint density at radius 3 is 2.77 bits per heavy atom. The number of fused-ring (bicyclic) bond motifs is 2. The van der Waals surface area contributed by atoms with Crippen LogP contribution in [0.4, 0.5) is 5.00 Å². The van der Waals surface area contributed by atoms with Crippen molar-refractivity contribution in [1.82, 2.24) is 9.88 Å². The lowest BCUT2D eigenvalue weighted by Gasteiger charge is -2.25. The van der Waals surface area contributed by atoms with Gasteiger partial charge in [0.1, 0.15) is 10.0 Å². The van der Waals surface area contributed by atoms with Crippen LogP contribution in [0.5, 0.6) is 0 Å². The van der Waals surface area contributed by atoms with E-state index in [1.54, 1.807) is 22.7 Å². The van der Waals surface area contributed by atoms with E-state index in [4.69, 9.17) is 4.98 Å². The molecule has 1 aliphatic rings. The molecule has 0 saturated carbocycles. The SMILES string of the molecule is CCN1CCc2c(sc(NC(=O)c3ccc(C)cc3C)c2-c2nc3ccccc3s2)C1. The molecule has 0 spiro atoms. The highest BCUT2D eigenvalue weighted by molar-refractivity contribution is 7.23. The average Bonchev–Trinajstić information content (AvgIpc) is 3.33. The number of aromatic nitrogens is 1. The Bertz CT molecular complexity index is 1250. The lowest BCUT2D eigenvalue weighted by Crippen LogP contribution is -2.29. The quantitative estimate of drug-likeness (QED) is 0.401. The summed E-state index contributed by atoms with van der Waals surface area (Å²) in [5, 5.41) is 5.17. The number of nitrogens with zero attached hydrogens (tertiary/aromatic N) is 2. The molecular weight excluding hydrogens is 422 g/mol. The van der Waals surface area contributed by atoms with Crippen LogP contribution >= 0.6 is 22.7 Å². The second-order valence-corrected chi connectivity index (χ2v) is 10.2. The van der Waals surface area contributed by atoms with Gasteiger partial charge in [-0.1, -0.05) is 36.8 Å². The molecule has 1 amide bonds. The molecule has 4 aromatic rings. The highest BCUT2D eigenvalue weighted by Gasteiger charge is 2.27. The summed E-state index contributed by atoms with van der Waals surface area (Å²) in [5.74, 6) is -0.0502. The number of benzene rings is 2. The minimum atomic E-state index is -0.0502. The highest BCUT2D eigenvalue weighted by atomic mass is 32.1. The summed E-state index contributed by atoms with van der Waals surface area (Å²) in [7, 11) is 0. The number of thiophene rings is 1. The fraction of sp³-hybridized carbons (Fsp3) is 0.280. The Balaban J connectivity index is 1.59. The summed E-state index contributed by atoms with van der Waals surface area (Å²) in [5.41, 5.74) is 6.37. The van der Waals surface area contributed by atoms with E-state index in [0.717, 1.165) is 63.8 Å². The summed E-state index contributed by atoms with van der Waals surface area (Å²) < 4.78 is 1.18. The highest BCUT2D eigenvalue weighted by Crippen LogP contribution is 2.45. The van der Waals surface area contributed by atoms with Gasteiger partial charge < -0.3 is 5.32 Å². The molecule has 158 valence electrons. The van der Waals surface area contributed by atoms with Gasteiger partial charge in [0.2, 0.25) is 0 Å². The van der Waals surface area contributed by atoms with E-state index in [2.05, 4.69) is 41.4 Å². The molecule has 2 aromatic heterocycles. The molecule has 2 aromatic carbocycles. The number of para-hydroxylation sites is 1. The van der Waals surface area contributed by atoms with Crippen LogP contribution in [0, 0.1) is 13.8 Å². The van der Waals surface area contributed by atoms with Gasteiger partial charge >= 0.3 is 0 Å². The van der Waals surface area contributed by atoms with E-state index >= 15 is 0 Å². The van der Waals surface area contributed by atoms with Crippen LogP contribution in [0.2, 0.25) is 0 Å². The first-order valence-electron chi connectivity index (χ1n) is 10.6. The summed E-state index contributed by atoms with van der Waals surface area (Å²) >= 11 is 3.42. The van der Waals surface area contributed by atoms with Crippen LogP contribution in [0.3, 0.4) is 0 Å². The maximum Gasteiger partial charge on any atom is 0.256 e. The third kappa shape index (κ3) is 3.80. The smallest absolute Gasteiger partial charge is 0.256 e. The standard InChI is InChI=1S/C25H25N3OS2/c1-4-28-12-11-18-21(14-28)31-25(27-23(29)17-10-9-15(2)13-16(17)3)22(18)24-26-19-7-5-6-8-20(19)30-24/h5-10,13H,4,11-12,14H2,1-3H3,(H,27,29). The lowest BCUT2D eigenvalue weighted by molar-refractivity contribution is 0.102. The van der Waals surface area contributed by atoms with E-state index < -0.39 is 0 Å². The molecule has 1 N–H and O–H groups in total. The number of hydrogen-bond donors (Lipinski definition) is 1. The molecule has 0 bridgehead atoms. The molecule has 31 heavy (non-hydrogen) atoms. The summed E-state index contributed by atoms with van der Waals surface area (Å²) in [6.45, 7) is 9.27. The number of likely N-dealkylation sites (N-methyl/N-ethyl adjacent to an activating group) is 1. The van der Waals surface area contributed by atoms with Gasteiger partial charge in [-0.25, -0.2) is 4.98 Å². The maximum atomic E-state index is 13.2. The molecule has 0 fully saturated rings. The molecule has 5 rings (SSSR count). The zero-order valence-corrected chi connectivity index (χ0v) is 19.6. The molecular formula is C25H25N3OS2. The van der Waals surface area contributed by atoms with Gasteiger partial charge in [0.15, 0.2) is 0 Å². The zero-order chi connectivity index (χ0) is 21.5. The summed E-state index contributed by atoms with van der Waals surface area (Å²) in [6.07, 6.45) is 0.990. The second-order valence-electron chi connectivity index (χ2n) is 8.09. The Hall–Kier alpha value is -2.54. The Labute approximate surface area is 190 Å². The predicted molar refractivity (Wildman–Crippen MR) is 131 cm³/mol. The molecule has 3 heterocycles. The van der Waals surface area contributed by atoms with Crippen LogP contribution in [0.1, 0.15) is 38.8 Å². The number of anilines is 1. The first-order valence-corrected chi connectivity index (χ1v) is 12.3. The molecule has 0 saturated heterocycles. The van der Waals surface area contributed by atoms with E-state index in [1.165, 1.54) is 15.1 Å². The number of thiazole rings is 1. The van der Waals surface area contributed by atoms with Gasteiger partial charge in [-0.15, -0.1) is 22.7 Å². The fourth-order valence-electron chi connectivity index (χ4n) is 4.26. The van der Waals surface area contributed by atoms with Crippen molar-refractivity contribution in [3.63, 3.8) is 0 Å². The first-order chi connectivity index (χ1) is 15.0. The van der Waals surface area contributed by atoms with Crippen LogP contribution in [-0.4, -0.2) is 28.9 Å². The second kappa shape index (κ2) is 8.19. The maximum absolute atomic E-state index is 13.2. The van der Waals surface area contributed by atoms with E-state index in [0.29, 0.717) is 0 Å². The molecule has 0 unspecified atom stereocenters. The lowest BCUT2D eigenvalue weighted by atomic mass is 10.0. The number of aryl methyl sites for hydroxylation is 2. The van der Waals surface area contributed by atoms with Crippen molar-refractivity contribution >= 4 is 43.8 Å². The van der Waals surface area contributed by atoms with Crippen molar-refractivity contribution in [2.24, 2.45) is 0 Å². The number of rotatable bonds is 4. The third-order valence-electron chi connectivity index (χ3n) is 5.94. The molecule has 0 aliphatic carbocycles. The fourth-order valence-corrected chi connectivity index (χ4v) is 6.65. The van der Waals surface area contributed by atoms with Crippen LogP contribution in [0.15, 0.2) is 42.5 Å². The van der Waals surface area contributed by atoms with Crippen LogP contribution < -0.4 is 5.32 Å². The van der Waals surface area contributed by atoms with Gasteiger partial charge in [0, 0.05) is 29.1 Å². The largest absolute Gasteiger partial charge is 0.313 e. The molecule has 6 heteroatoms. The van der Waals surface area contributed by atoms with Gasteiger partial charge in [0.05, 0.1) is 10.2 Å². The molecule has 0 radical (unpaired) electrons. The van der Waals surface area contributed by atoms with E-state index in [9.17, 15) is 4.79 Å². The van der Waals surface area contributed by atoms with Gasteiger partial charge in [-0.05, 0) is 56.1 Å². The Morgan fingerprint density at radius 1 is 1.16 bits per heavy atom. The van der Waals surface area contributed by atoms with E-state index in [-0.39, 0.29) is 5.91 Å². The topological polar surface area (TPSA) is 45.2 Å². The van der Waals surface area contributed by atoms with Crippen molar-refractivity contribution in [2.75, 3.05) is 18.4 Å². The van der Waals surface area contributed by atoms with Crippen LogP contribution in [0.25, 0.3) is 20.8 Å². The average molecular weight is 448 g/mol. The number of hydrogen-bond acceptors (Lipinski definition) is 5. The monoisotopic (exact) mass is 447 g/mol. The predicted octanol–water partition coefficient (Wildman–Crippen LogP) is 6.27.